The van der Waals surface area contributed by atoms with Crippen LogP contribution in [0.5, 0.6) is 11.6 Å². The molecule has 0 aromatic carbocycles. The molecule has 5 aliphatic heterocycles. The molecule has 9 heterocycles. The quantitative estimate of drug-likeness (QED) is 0.303. The molecule has 4 aromatic rings. The van der Waals surface area contributed by atoms with E-state index in [9.17, 15) is 5.26 Å². The Morgan fingerprint density at radius 3 is 2.73 bits per heavy atom. The molecule has 5 aliphatic rings. The second kappa shape index (κ2) is 11.9. The number of aromatic nitrogens is 5. The summed E-state index contributed by atoms with van der Waals surface area (Å²) in [6.45, 7) is 7.58. The molecule has 0 spiro atoms. The van der Waals surface area contributed by atoms with Crippen LogP contribution >= 0.6 is 0 Å². The van der Waals surface area contributed by atoms with Crippen molar-refractivity contribution in [1.82, 2.24) is 39.7 Å². The molecular weight excluding hydrogens is 568 g/mol. The fraction of sp³-hybridized carbons (Fsp3) is 0.485. The van der Waals surface area contributed by atoms with Crippen LogP contribution in [-0.2, 0) is 6.54 Å². The molecule has 1 N–H and O–H groups in total. The van der Waals surface area contributed by atoms with Gasteiger partial charge in [-0.25, -0.2) is 14.5 Å². The summed E-state index contributed by atoms with van der Waals surface area (Å²) in [6, 6.07) is 9.90. The third-order valence-corrected chi connectivity index (χ3v) is 10.1. The van der Waals surface area contributed by atoms with Crippen molar-refractivity contribution in [2.45, 2.75) is 43.9 Å². The van der Waals surface area contributed by atoms with Crippen LogP contribution in [0.1, 0.15) is 30.4 Å². The van der Waals surface area contributed by atoms with Crippen LogP contribution in [0.3, 0.4) is 0 Å². The maximum atomic E-state index is 9.80. The Bertz CT molecular complexity index is 1690. The normalized spacial score (nSPS) is 24.7. The Morgan fingerprint density at radius 1 is 1.04 bits per heavy atom. The van der Waals surface area contributed by atoms with Crippen LogP contribution in [0, 0.1) is 17.2 Å². The van der Waals surface area contributed by atoms with Gasteiger partial charge in [-0.05, 0) is 49.9 Å². The minimum atomic E-state index is 0.479. The molecule has 5 fully saturated rings. The molecular formula is C33H38N10O2. The minimum absolute atomic E-state index is 0.479. The third kappa shape index (κ3) is 5.45. The highest BCUT2D eigenvalue weighted by Crippen LogP contribution is 2.36. The average Bonchev–Trinajstić information content (AvgIpc) is 3.74. The van der Waals surface area contributed by atoms with Crippen LogP contribution < -0.4 is 19.7 Å². The highest BCUT2D eigenvalue weighted by atomic mass is 16.5. The number of nitriles is 1. The molecule has 4 atom stereocenters. The van der Waals surface area contributed by atoms with Crippen LogP contribution in [0.25, 0.3) is 16.8 Å². The molecule has 4 aromatic heterocycles. The number of nitrogens with zero attached hydrogens (tertiary/aromatic N) is 9. The zero-order chi connectivity index (χ0) is 30.3. The van der Waals surface area contributed by atoms with Gasteiger partial charge >= 0.3 is 0 Å². The maximum absolute atomic E-state index is 9.80. The summed E-state index contributed by atoms with van der Waals surface area (Å²) >= 11 is 0. The van der Waals surface area contributed by atoms with Gasteiger partial charge in [-0.15, -0.1) is 0 Å². The lowest BCUT2D eigenvalue weighted by atomic mass is 9.87. The van der Waals surface area contributed by atoms with Crippen molar-refractivity contribution in [1.29, 1.82) is 5.26 Å². The van der Waals surface area contributed by atoms with Gasteiger partial charge in [0.25, 0.3) is 0 Å². The van der Waals surface area contributed by atoms with Gasteiger partial charge in [-0.2, -0.15) is 10.4 Å². The number of pyridine rings is 2. The van der Waals surface area contributed by atoms with Gasteiger partial charge in [-0.1, -0.05) is 6.07 Å². The lowest BCUT2D eigenvalue weighted by molar-refractivity contribution is -0.00879. The lowest BCUT2D eigenvalue weighted by Gasteiger charge is -2.56. The van der Waals surface area contributed by atoms with Gasteiger partial charge in [0.05, 0.1) is 48.7 Å². The van der Waals surface area contributed by atoms with E-state index in [1.54, 1.807) is 17.8 Å². The molecule has 5 saturated heterocycles. The summed E-state index contributed by atoms with van der Waals surface area (Å²) in [6.07, 6.45) is 12.7. The number of anilines is 1. The minimum Gasteiger partial charge on any atom is -0.491 e. The second-order valence-corrected chi connectivity index (χ2v) is 12.7. The molecule has 0 aliphatic carbocycles. The molecule has 2 bridgehead atoms. The van der Waals surface area contributed by atoms with E-state index in [1.807, 2.05) is 36.9 Å². The molecule has 0 radical (unpaired) electrons. The molecule has 12 nitrogen and oxygen atoms in total. The number of likely N-dealkylation sites (tertiary alicyclic amines) is 1. The number of ether oxygens (including phenoxy) is 2. The van der Waals surface area contributed by atoms with E-state index < -0.39 is 0 Å². The zero-order valence-corrected chi connectivity index (χ0v) is 25.5. The maximum Gasteiger partial charge on any atom is 0.212 e. The first kappa shape index (κ1) is 28.2. The average molecular weight is 607 g/mol. The number of rotatable bonds is 9. The SMILES string of the molecule is COc1ccc(CN2C3CC2CN(c2cnc(-c4cc(OCCN5CCC6NCCC6C5)cn5ncc(C#N)c45)cn2)C3)cn1. The number of piperazine rings is 1. The molecule has 9 rings (SSSR count). The van der Waals surface area contributed by atoms with Crippen LogP contribution in [-0.4, -0.2) is 105 Å². The van der Waals surface area contributed by atoms with E-state index in [2.05, 4.69) is 42.2 Å². The van der Waals surface area contributed by atoms with Crippen molar-refractivity contribution in [3.63, 3.8) is 0 Å². The predicted molar refractivity (Wildman–Crippen MR) is 168 cm³/mol. The van der Waals surface area contributed by atoms with Crippen LogP contribution in [0.15, 0.2) is 49.2 Å². The number of hydrogen-bond donors (Lipinski definition) is 1. The first-order chi connectivity index (χ1) is 22.1. The Hall–Kier alpha value is -4.31. The van der Waals surface area contributed by atoms with E-state index in [-0.39, 0.29) is 0 Å². The summed E-state index contributed by atoms with van der Waals surface area (Å²) in [7, 11) is 1.64. The third-order valence-electron chi connectivity index (χ3n) is 10.1. The van der Waals surface area contributed by atoms with Gasteiger partial charge in [0, 0.05) is 68.7 Å². The first-order valence-electron chi connectivity index (χ1n) is 16.0. The zero-order valence-electron chi connectivity index (χ0n) is 25.5. The van der Waals surface area contributed by atoms with Crippen molar-refractivity contribution in [2.24, 2.45) is 5.92 Å². The topological polar surface area (TPSA) is 120 Å². The lowest BCUT2D eigenvalue weighted by Crippen LogP contribution is -2.68. The summed E-state index contributed by atoms with van der Waals surface area (Å²) in [5, 5.41) is 17.9. The largest absolute Gasteiger partial charge is 0.491 e. The van der Waals surface area contributed by atoms with Crippen LogP contribution in [0.4, 0.5) is 5.82 Å². The number of piperidine rings is 2. The Morgan fingerprint density at radius 2 is 1.96 bits per heavy atom. The van der Waals surface area contributed by atoms with Crippen molar-refractivity contribution < 1.29 is 9.47 Å². The van der Waals surface area contributed by atoms with E-state index >= 15 is 0 Å². The van der Waals surface area contributed by atoms with E-state index in [0.29, 0.717) is 53.1 Å². The van der Waals surface area contributed by atoms with Gasteiger partial charge in [0.2, 0.25) is 5.88 Å². The number of methoxy groups -OCH3 is 1. The van der Waals surface area contributed by atoms with Gasteiger partial charge < -0.3 is 19.7 Å². The Kier molecular flexibility index (Phi) is 7.45. The van der Waals surface area contributed by atoms with Crippen molar-refractivity contribution in [3.05, 3.63) is 60.3 Å². The number of hydrogen-bond acceptors (Lipinski definition) is 11. The highest BCUT2D eigenvalue weighted by molar-refractivity contribution is 5.83. The van der Waals surface area contributed by atoms with Crippen molar-refractivity contribution >= 4 is 11.3 Å². The van der Waals surface area contributed by atoms with Gasteiger partial charge in [-0.3, -0.25) is 14.8 Å². The summed E-state index contributed by atoms with van der Waals surface area (Å²) in [4.78, 5) is 21.4. The predicted octanol–water partition coefficient (Wildman–Crippen LogP) is 2.59. The van der Waals surface area contributed by atoms with Gasteiger partial charge in [0.15, 0.2) is 0 Å². The van der Waals surface area contributed by atoms with E-state index in [1.165, 1.54) is 24.8 Å². The van der Waals surface area contributed by atoms with Gasteiger partial charge in [0.1, 0.15) is 24.2 Å². The van der Waals surface area contributed by atoms with E-state index in [0.717, 1.165) is 63.1 Å². The number of nitrogens with one attached hydrogen (secondary N) is 1. The summed E-state index contributed by atoms with van der Waals surface area (Å²) < 4.78 is 13.2. The van der Waals surface area contributed by atoms with E-state index in [4.69, 9.17) is 19.4 Å². The first-order valence-corrected chi connectivity index (χ1v) is 16.0. The van der Waals surface area contributed by atoms with Crippen molar-refractivity contribution in [3.8, 4) is 29.0 Å². The number of fused-ring (bicyclic) bond motifs is 4. The van der Waals surface area contributed by atoms with Crippen LogP contribution in [0.2, 0.25) is 0 Å². The highest BCUT2D eigenvalue weighted by Gasteiger charge is 2.44. The fourth-order valence-electron chi connectivity index (χ4n) is 7.66. The fourth-order valence-corrected chi connectivity index (χ4v) is 7.66. The standard InChI is InChI=1S/C33H38N10O2/c1-44-32-3-2-22(13-38-32)17-42-25-10-26(42)20-41(19-25)31-16-36-30(15-37-31)28-11-27(21-43-33(28)24(12-34)14-39-43)45-9-8-40-7-5-29-23(18-40)4-6-35-29/h2-3,11,13-16,21,23,25-26,29,35H,4-10,17-20H2,1H3. The molecule has 4 unspecified atom stereocenters. The smallest absolute Gasteiger partial charge is 0.212 e. The Balaban J connectivity index is 0.944. The molecule has 45 heavy (non-hydrogen) atoms. The second-order valence-electron chi connectivity index (χ2n) is 12.7. The monoisotopic (exact) mass is 606 g/mol. The molecule has 12 heteroatoms. The molecule has 0 saturated carbocycles. The summed E-state index contributed by atoms with van der Waals surface area (Å²) in [5.41, 5.74) is 3.89. The van der Waals surface area contributed by atoms with Crippen molar-refractivity contribution in [2.75, 3.05) is 57.9 Å². The summed E-state index contributed by atoms with van der Waals surface area (Å²) in [5.74, 6) is 2.97. The Labute approximate surface area is 262 Å². The molecule has 0 amide bonds. The molecule has 232 valence electrons.